The van der Waals surface area contributed by atoms with E-state index in [9.17, 15) is 0 Å². The monoisotopic (exact) mass is 237 g/mol. The molecular formula is C10H15N5S. The van der Waals surface area contributed by atoms with Crippen molar-refractivity contribution in [2.45, 2.75) is 19.9 Å². The maximum Gasteiger partial charge on any atom is 0.0988 e. The number of nitrogens with one attached hydrogen (secondary N) is 1. The second-order valence-corrected chi connectivity index (χ2v) is 4.90. The van der Waals surface area contributed by atoms with Gasteiger partial charge in [0.1, 0.15) is 0 Å². The van der Waals surface area contributed by atoms with Crippen molar-refractivity contribution in [3.63, 3.8) is 0 Å². The Labute approximate surface area is 98.3 Å². The maximum atomic E-state index is 5.63. The molecule has 0 spiro atoms. The van der Waals surface area contributed by atoms with Crippen LogP contribution in [-0.4, -0.2) is 14.8 Å². The van der Waals surface area contributed by atoms with Gasteiger partial charge in [-0.1, -0.05) is 0 Å². The molecule has 0 aliphatic carbocycles. The van der Waals surface area contributed by atoms with Crippen molar-refractivity contribution >= 4 is 11.3 Å². The highest BCUT2D eigenvalue weighted by Gasteiger charge is 2.20. The van der Waals surface area contributed by atoms with E-state index in [1.165, 1.54) is 0 Å². The Hall–Kier alpha value is -1.24. The average Bonchev–Trinajstić information content (AvgIpc) is 2.77. The molecule has 0 aliphatic rings. The highest BCUT2D eigenvalue weighted by molar-refractivity contribution is 7.11. The van der Waals surface area contributed by atoms with Gasteiger partial charge in [-0.05, 0) is 19.9 Å². The summed E-state index contributed by atoms with van der Waals surface area (Å²) in [6.45, 7) is 4.00. The summed E-state index contributed by atoms with van der Waals surface area (Å²) >= 11 is 1.66. The molecule has 2 heterocycles. The largest absolute Gasteiger partial charge is 0.271 e. The standard InChI is InChI=1S/C10H15N5S/c1-6-10(16-7(2)13-6)9(14-11)8-4-5-12-15(8)3/h4-5,9,14H,11H2,1-3H3. The van der Waals surface area contributed by atoms with E-state index in [2.05, 4.69) is 15.5 Å². The van der Waals surface area contributed by atoms with Crippen LogP contribution in [0.5, 0.6) is 0 Å². The van der Waals surface area contributed by atoms with Crippen molar-refractivity contribution in [2.24, 2.45) is 12.9 Å². The molecule has 0 amide bonds. The van der Waals surface area contributed by atoms with Crippen LogP contribution in [0.3, 0.4) is 0 Å². The topological polar surface area (TPSA) is 68.8 Å². The van der Waals surface area contributed by atoms with Crippen molar-refractivity contribution in [3.8, 4) is 0 Å². The molecule has 0 aliphatic heterocycles. The molecule has 5 nitrogen and oxygen atoms in total. The van der Waals surface area contributed by atoms with Gasteiger partial charge in [-0.2, -0.15) is 5.10 Å². The molecule has 1 unspecified atom stereocenters. The van der Waals surface area contributed by atoms with Crippen molar-refractivity contribution < 1.29 is 0 Å². The third-order valence-electron chi connectivity index (χ3n) is 2.52. The molecular weight excluding hydrogens is 222 g/mol. The zero-order chi connectivity index (χ0) is 11.7. The van der Waals surface area contributed by atoms with Crippen molar-refractivity contribution in [3.05, 3.63) is 33.5 Å². The third kappa shape index (κ3) is 1.87. The highest BCUT2D eigenvalue weighted by Crippen LogP contribution is 2.28. The molecule has 0 fully saturated rings. The van der Waals surface area contributed by atoms with Crippen LogP contribution in [0.25, 0.3) is 0 Å². The molecule has 6 heteroatoms. The van der Waals surface area contributed by atoms with Gasteiger partial charge in [0.2, 0.25) is 0 Å². The van der Waals surface area contributed by atoms with Gasteiger partial charge in [0.15, 0.2) is 0 Å². The van der Waals surface area contributed by atoms with Crippen LogP contribution in [0.1, 0.15) is 27.3 Å². The maximum absolute atomic E-state index is 5.63. The summed E-state index contributed by atoms with van der Waals surface area (Å²) in [4.78, 5) is 5.55. The van der Waals surface area contributed by atoms with Crippen LogP contribution < -0.4 is 11.3 Å². The normalized spacial score (nSPS) is 13.0. The molecule has 0 bridgehead atoms. The second kappa shape index (κ2) is 4.32. The minimum absolute atomic E-state index is 0.0429. The van der Waals surface area contributed by atoms with Crippen LogP contribution in [0.15, 0.2) is 12.3 Å². The van der Waals surface area contributed by atoms with E-state index in [-0.39, 0.29) is 6.04 Å². The fourth-order valence-electron chi connectivity index (χ4n) is 1.78. The minimum atomic E-state index is -0.0429. The molecule has 0 saturated heterocycles. The summed E-state index contributed by atoms with van der Waals surface area (Å²) in [5, 5.41) is 5.20. The lowest BCUT2D eigenvalue weighted by Crippen LogP contribution is -2.30. The van der Waals surface area contributed by atoms with E-state index in [1.54, 1.807) is 17.5 Å². The zero-order valence-electron chi connectivity index (χ0n) is 9.56. The Morgan fingerprint density at radius 1 is 1.50 bits per heavy atom. The summed E-state index contributed by atoms with van der Waals surface area (Å²) in [6.07, 6.45) is 1.77. The lowest BCUT2D eigenvalue weighted by atomic mass is 10.1. The number of hydrogen-bond acceptors (Lipinski definition) is 5. The van der Waals surface area contributed by atoms with Gasteiger partial charge in [0.25, 0.3) is 0 Å². The van der Waals surface area contributed by atoms with Crippen LogP contribution in [0.4, 0.5) is 0 Å². The first-order valence-electron chi connectivity index (χ1n) is 5.01. The van der Waals surface area contributed by atoms with Crippen molar-refractivity contribution in [1.82, 2.24) is 20.2 Å². The van der Waals surface area contributed by atoms with E-state index in [1.807, 2.05) is 31.6 Å². The summed E-state index contributed by atoms with van der Waals surface area (Å²) in [6, 6.07) is 1.91. The van der Waals surface area contributed by atoms with Gasteiger partial charge in [-0.15, -0.1) is 11.3 Å². The average molecular weight is 237 g/mol. The van der Waals surface area contributed by atoms with Gasteiger partial charge >= 0.3 is 0 Å². The Morgan fingerprint density at radius 3 is 2.69 bits per heavy atom. The van der Waals surface area contributed by atoms with Crippen LogP contribution in [0, 0.1) is 13.8 Å². The molecule has 3 N–H and O–H groups in total. The predicted molar refractivity (Wildman–Crippen MR) is 64.0 cm³/mol. The number of hydrogen-bond donors (Lipinski definition) is 2. The Bertz CT molecular complexity index is 487. The Morgan fingerprint density at radius 2 is 2.25 bits per heavy atom. The zero-order valence-corrected chi connectivity index (χ0v) is 10.4. The number of thiazole rings is 1. The first-order chi connectivity index (χ1) is 7.63. The minimum Gasteiger partial charge on any atom is -0.271 e. The third-order valence-corrected chi connectivity index (χ3v) is 3.66. The van der Waals surface area contributed by atoms with Gasteiger partial charge in [0, 0.05) is 13.2 Å². The first-order valence-corrected chi connectivity index (χ1v) is 5.83. The van der Waals surface area contributed by atoms with Crippen molar-refractivity contribution in [1.29, 1.82) is 0 Å². The Kier molecular flexibility index (Phi) is 3.04. The second-order valence-electron chi connectivity index (χ2n) is 3.66. The molecule has 0 radical (unpaired) electrons. The van der Waals surface area contributed by atoms with E-state index in [0.29, 0.717) is 0 Å². The quantitative estimate of drug-likeness (QED) is 0.618. The number of nitrogens with zero attached hydrogens (tertiary/aromatic N) is 3. The summed E-state index contributed by atoms with van der Waals surface area (Å²) in [7, 11) is 1.91. The fourth-order valence-corrected chi connectivity index (χ4v) is 2.78. The number of nitrogens with two attached hydrogens (primary N) is 1. The number of hydrazine groups is 1. The number of aromatic nitrogens is 3. The molecule has 16 heavy (non-hydrogen) atoms. The van der Waals surface area contributed by atoms with E-state index in [4.69, 9.17) is 5.84 Å². The summed E-state index contributed by atoms with van der Waals surface area (Å²) in [5.74, 6) is 5.63. The Balaban J connectivity index is 2.44. The molecule has 0 saturated carbocycles. The molecule has 2 rings (SSSR count). The lowest BCUT2D eigenvalue weighted by Gasteiger charge is -2.15. The molecule has 86 valence electrons. The van der Waals surface area contributed by atoms with Crippen LogP contribution in [0.2, 0.25) is 0 Å². The van der Waals surface area contributed by atoms with Crippen LogP contribution >= 0.6 is 11.3 Å². The summed E-state index contributed by atoms with van der Waals surface area (Å²) in [5.41, 5.74) is 4.88. The highest BCUT2D eigenvalue weighted by atomic mass is 32.1. The van der Waals surface area contributed by atoms with Crippen molar-refractivity contribution in [2.75, 3.05) is 0 Å². The SMILES string of the molecule is Cc1nc(C)c(C(NN)c2ccnn2C)s1. The van der Waals surface area contributed by atoms with Crippen LogP contribution in [-0.2, 0) is 7.05 Å². The lowest BCUT2D eigenvalue weighted by molar-refractivity contribution is 0.579. The van der Waals surface area contributed by atoms with E-state index < -0.39 is 0 Å². The van der Waals surface area contributed by atoms with E-state index >= 15 is 0 Å². The van der Waals surface area contributed by atoms with Gasteiger partial charge < -0.3 is 0 Å². The summed E-state index contributed by atoms with van der Waals surface area (Å²) < 4.78 is 1.82. The number of rotatable bonds is 3. The first kappa shape index (κ1) is 11.3. The van der Waals surface area contributed by atoms with E-state index in [0.717, 1.165) is 21.3 Å². The number of aryl methyl sites for hydroxylation is 3. The smallest absolute Gasteiger partial charge is 0.0988 e. The molecule has 1 atom stereocenters. The molecule has 0 aromatic carbocycles. The predicted octanol–water partition coefficient (Wildman–Crippen LogP) is 1.05. The molecule has 2 aromatic rings. The van der Waals surface area contributed by atoms with Gasteiger partial charge in [-0.25, -0.2) is 10.4 Å². The van der Waals surface area contributed by atoms with Gasteiger partial charge in [0.05, 0.1) is 27.3 Å². The fraction of sp³-hybridized carbons (Fsp3) is 0.400. The van der Waals surface area contributed by atoms with Gasteiger partial charge in [-0.3, -0.25) is 10.5 Å². The molecule has 2 aromatic heterocycles.